The van der Waals surface area contributed by atoms with Gasteiger partial charge < -0.3 is 5.32 Å². The lowest BCUT2D eigenvalue weighted by molar-refractivity contribution is -0.137. The highest BCUT2D eigenvalue weighted by atomic mass is 35.5. The van der Waals surface area contributed by atoms with Gasteiger partial charge in [-0.25, -0.2) is 4.90 Å². The Morgan fingerprint density at radius 2 is 1.72 bits per heavy atom. The van der Waals surface area contributed by atoms with Crippen molar-refractivity contribution in [1.82, 2.24) is 0 Å². The fourth-order valence-electron chi connectivity index (χ4n) is 3.08. The number of anilines is 2. The summed E-state index contributed by atoms with van der Waals surface area (Å²) in [4.78, 5) is 26.5. The largest absolute Gasteiger partial charge is 0.416 e. The molecule has 4 rings (SSSR count). The topological polar surface area (TPSA) is 49.4 Å². The van der Waals surface area contributed by atoms with E-state index in [0.29, 0.717) is 17.4 Å². The van der Waals surface area contributed by atoms with Gasteiger partial charge in [-0.3, -0.25) is 9.59 Å². The number of carbonyl (C=O) groups is 2. The van der Waals surface area contributed by atoms with Crippen molar-refractivity contribution in [2.45, 2.75) is 11.6 Å². The second-order valence-electron chi connectivity index (χ2n) is 6.27. The third kappa shape index (κ3) is 3.65. The van der Waals surface area contributed by atoms with E-state index in [9.17, 15) is 22.8 Å². The number of amides is 2. The van der Waals surface area contributed by atoms with Crippen LogP contribution in [0.4, 0.5) is 29.3 Å². The van der Waals surface area contributed by atoms with Crippen molar-refractivity contribution in [3.63, 3.8) is 0 Å². The molecule has 1 atom stereocenters. The van der Waals surface area contributed by atoms with Crippen molar-refractivity contribution in [3.8, 4) is 0 Å². The number of hydrogen-bond acceptors (Lipinski definition) is 4. The van der Waals surface area contributed by atoms with Crippen LogP contribution in [0.15, 0.2) is 60.7 Å². The minimum absolute atomic E-state index is 0.0162. The molecule has 1 heterocycles. The van der Waals surface area contributed by atoms with Gasteiger partial charge in [0.25, 0.3) is 11.1 Å². The zero-order valence-corrected chi connectivity index (χ0v) is 16.1. The molecule has 0 spiro atoms. The minimum atomic E-state index is -4.56. The third-order valence-corrected chi connectivity index (χ3v) is 5.70. The van der Waals surface area contributed by atoms with E-state index < -0.39 is 28.3 Å². The zero-order chi connectivity index (χ0) is 20.8. The fraction of sp³-hybridized carbons (Fsp3) is 0.100. The molecule has 1 N–H and O–H groups in total. The summed E-state index contributed by atoms with van der Waals surface area (Å²) in [5.41, 5.74) is -0.554. The van der Waals surface area contributed by atoms with Crippen molar-refractivity contribution in [2.75, 3.05) is 10.2 Å². The normalized spacial score (nSPS) is 17.2. The first-order valence-corrected chi connectivity index (χ1v) is 9.67. The molecule has 1 fully saturated rings. The first-order chi connectivity index (χ1) is 13.8. The number of thioether (sulfide) groups is 1. The van der Waals surface area contributed by atoms with Gasteiger partial charge in [-0.2, -0.15) is 13.2 Å². The van der Waals surface area contributed by atoms with Crippen LogP contribution in [0.25, 0.3) is 10.8 Å². The van der Waals surface area contributed by atoms with Crippen LogP contribution < -0.4 is 10.2 Å². The molecule has 0 aliphatic carbocycles. The summed E-state index contributed by atoms with van der Waals surface area (Å²) in [5.74, 6) is -0.579. The smallest absolute Gasteiger partial charge is 0.364 e. The van der Waals surface area contributed by atoms with Crippen LogP contribution in [0.2, 0.25) is 5.02 Å². The molecule has 3 aromatic carbocycles. The molecule has 0 bridgehead atoms. The highest BCUT2D eigenvalue weighted by Gasteiger charge is 2.42. The first kappa shape index (κ1) is 19.6. The average molecular weight is 437 g/mol. The van der Waals surface area contributed by atoms with E-state index in [-0.39, 0.29) is 10.7 Å². The van der Waals surface area contributed by atoms with E-state index in [2.05, 4.69) is 5.32 Å². The van der Waals surface area contributed by atoms with Crippen molar-refractivity contribution in [3.05, 3.63) is 71.2 Å². The second-order valence-corrected chi connectivity index (χ2v) is 7.74. The molecule has 1 unspecified atom stereocenters. The molecular weight excluding hydrogens is 425 g/mol. The molecule has 1 aliphatic heterocycles. The molecule has 29 heavy (non-hydrogen) atoms. The van der Waals surface area contributed by atoms with Crippen LogP contribution in [0.3, 0.4) is 0 Å². The lowest BCUT2D eigenvalue weighted by Crippen LogP contribution is -2.34. The number of nitrogens with one attached hydrogen (secondary N) is 1. The van der Waals surface area contributed by atoms with E-state index in [1.807, 2.05) is 18.2 Å². The van der Waals surface area contributed by atoms with E-state index >= 15 is 0 Å². The number of hydrogen-bond donors (Lipinski definition) is 1. The highest BCUT2D eigenvalue weighted by molar-refractivity contribution is 8.16. The maximum atomic E-state index is 13.0. The Hall–Kier alpha value is -2.71. The van der Waals surface area contributed by atoms with Crippen LogP contribution in [0.5, 0.6) is 0 Å². The Morgan fingerprint density at radius 3 is 2.48 bits per heavy atom. The SMILES string of the molecule is O=C1SC(Nc2cc(C(F)(F)F)ccc2Cl)C(=O)N1c1cccc2ccccc12. The average Bonchev–Trinajstić information content (AvgIpc) is 2.95. The van der Waals surface area contributed by atoms with Crippen LogP contribution in [-0.4, -0.2) is 16.5 Å². The Bertz CT molecular complexity index is 1130. The molecule has 148 valence electrons. The van der Waals surface area contributed by atoms with Gasteiger partial charge in [0.1, 0.15) is 0 Å². The van der Waals surface area contributed by atoms with Crippen LogP contribution in [0.1, 0.15) is 5.56 Å². The Morgan fingerprint density at radius 1 is 1.00 bits per heavy atom. The van der Waals surface area contributed by atoms with Gasteiger partial charge in [0.15, 0.2) is 5.37 Å². The summed E-state index contributed by atoms with van der Waals surface area (Å²) >= 11 is 6.68. The second kappa shape index (κ2) is 7.27. The van der Waals surface area contributed by atoms with Gasteiger partial charge in [-0.1, -0.05) is 48.0 Å². The lowest BCUT2D eigenvalue weighted by Gasteiger charge is -2.18. The number of rotatable bonds is 3. The summed E-state index contributed by atoms with van der Waals surface area (Å²) in [6, 6.07) is 15.3. The van der Waals surface area contributed by atoms with Crippen molar-refractivity contribution in [2.24, 2.45) is 0 Å². The standard InChI is InChI=1S/C20H12ClF3N2O2S/c21-14-9-8-12(20(22,23)24)10-15(14)25-17-18(27)26(19(28)29-17)16-7-3-5-11-4-1-2-6-13(11)16/h1-10,17,25H. The van der Waals surface area contributed by atoms with Crippen LogP contribution in [0, 0.1) is 0 Å². The first-order valence-electron chi connectivity index (χ1n) is 8.41. The summed E-state index contributed by atoms with van der Waals surface area (Å²) in [6.07, 6.45) is -4.56. The van der Waals surface area contributed by atoms with Gasteiger partial charge in [-0.05, 0) is 41.4 Å². The number of halogens is 4. The Labute approximate surface area is 172 Å². The quantitative estimate of drug-likeness (QED) is 0.535. The number of fused-ring (bicyclic) bond motifs is 1. The monoisotopic (exact) mass is 436 g/mol. The van der Waals surface area contributed by atoms with E-state index in [1.165, 1.54) is 0 Å². The molecule has 9 heteroatoms. The molecule has 1 saturated heterocycles. The highest BCUT2D eigenvalue weighted by Crippen LogP contribution is 2.38. The van der Waals surface area contributed by atoms with Gasteiger partial charge >= 0.3 is 6.18 Å². The van der Waals surface area contributed by atoms with E-state index in [0.717, 1.165) is 33.9 Å². The van der Waals surface area contributed by atoms with Gasteiger partial charge in [0.2, 0.25) is 0 Å². The molecule has 4 nitrogen and oxygen atoms in total. The van der Waals surface area contributed by atoms with E-state index in [1.54, 1.807) is 24.3 Å². The lowest BCUT2D eigenvalue weighted by atomic mass is 10.1. The minimum Gasteiger partial charge on any atom is -0.364 e. The summed E-state index contributed by atoms with van der Waals surface area (Å²) in [7, 11) is 0. The molecule has 0 radical (unpaired) electrons. The number of nitrogens with zero attached hydrogens (tertiary/aromatic N) is 1. The van der Waals surface area contributed by atoms with Crippen molar-refractivity contribution < 1.29 is 22.8 Å². The van der Waals surface area contributed by atoms with Gasteiger partial charge in [0, 0.05) is 5.39 Å². The maximum absolute atomic E-state index is 13.0. The molecule has 0 aromatic heterocycles. The Balaban J connectivity index is 1.66. The van der Waals surface area contributed by atoms with Gasteiger partial charge in [0.05, 0.1) is 22.0 Å². The van der Waals surface area contributed by atoms with Gasteiger partial charge in [-0.15, -0.1) is 0 Å². The van der Waals surface area contributed by atoms with E-state index in [4.69, 9.17) is 11.6 Å². The number of alkyl halides is 3. The third-order valence-electron chi connectivity index (χ3n) is 4.43. The van der Waals surface area contributed by atoms with Crippen molar-refractivity contribution in [1.29, 1.82) is 0 Å². The summed E-state index contributed by atoms with van der Waals surface area (Å²) < 4.78 is 38.9. The Kier molecular flexibility index (Phi) is 4.92. The number of carbonyl (C=O) groups excluding carboxylic acids is 2. The molecular formula is C20H12ClF3N2O2S. The predicted octanol–water partition coefficient (Wildman–Crippen LogP) is 6.15. The summed E-state index contributed by atoms with van der Waals surface area (Å²) in [5, 5.41) is 2.64. The molecule has 2 amide bonds. The zero-order valence-electron chi connectivity index (χ0n) is 14.5. The molecule has 0 saturated carbocycles. The van der Waals surface area contributed by atoms with Crippen LogP contribution in [-0.2, 0) is 11.0 Å². The predicted molar refractivity (Wildman–Crippen MR) is 108 cm³/mol. The molecule has 1 aliphatic rings. The fourth-order valence-corrected chi connectivity index (χ4v) is 4.14. The molecule has 3 aromatic rings. The maximum Gasteiger partial charge on any atom is 0.416 e. The van der Waals surface area contributed by atoms with Crippen LogP contribution >= 0.6 is 23.4 Å². The van der Waals surface area contributed by atoms with Crippen molar-refractivity contribution >= 4 is 56.7 Å². The number of imide groups is 1. The number of benzene rings is 3. The summed E-state index contributed by atoms with van der Waals surface area (Å²) in [6.45, 7) is 0.